The van der Waals surface area contributed by atoms with E-state index in [9.17, 15) is 28.8 Å². The number of thioether (sulfide) groups is 1. The molecule has 0 saturated carbocycles. The normalized spacial score (nSPS) is 11.3. The lowest BCUT2D eigenvalue weighted by molar-refractivity contribution is -0.128. The molecule has 0 aliphatic heterocycles. The van der Waals surface area contributed by atoms with Crippen LogP contribution >= 0.6 is 11.8 Å². The third-order valence-electron chi connectivity index (χ3n) is 5.88. The molecule has 12 heteroatoms. The van der Waals surface area contributed by atoms with Crippen molar-refractivity contribution in [3.8, 4) is 0 Å². The zero-order valence-electron chi connectivity index (χ0n) is 23.1. The summed E-state index contributed by atoms with van der Waals surface area (Å²) in [6.45, 7) is 5.22. The van der Waals surface area contributed by atoms with Gasteiger partial charge in [-0.25, -0.2) is 0 Å². The largest absolute Gasteiger partial charge is 0.356 e. The molecule has 0 spiro atoms. The number of carbonyl (C=O) groups excluding carboxylic acids is 6. The molecule has 0 unspecified atom stereocenters. The molecule has 0 aromatic heterocycles. The molecule has 40 heavy (non-hydrogen) atoms. The minimum absolute atomic E-state index is 0.0559. The van der Waals surface area contributed by atoms with Crippen molar-refractivity contribution in [2.45, 2.75) is 39.5 Å². The predicted octanol–water partition coefficient (Wildman–Crippen LogP) is 0.893. The van der Waals surface area contributed by atoms with Crippen molar-refractivity contribution in [3.05, 3.63) is 47.5 Å². The molecule has 216 valence electrons. The number of hydrogen-bond donors (Lipinski definition) is 5. The summed E-state index contributed by atoms with van der Waals surface area (Å²) in [4.78, 5) is 70.2. The van der Waals surface area contributed by atoms with Gasteiger partial charge in [-0.1, -0.05) is 53.7 Å². The van der Waals surface area contributed by atoms with E-state index in [1.165, 1.54) is 12.5 Å². The van der Waals surface area contributed by atoms with Crippen LogP contribution < -0.4 is 26.6 Å². The first kappa shape index (κ1) is 32.3. The Morgan fingerprint density at radius 3 is 1.85 bits per heavy atom. The van der Waals surface area contributed by atoms with Gasteiger partial charge in [0.1, 0.15) is 0 Å². The first-order chi connectivity index (χ1) is 19.0. The van der Waals surface area contributed by atoms with Gasteiger partial charge in [-0.2, -0.15) is 0 Å². The lowest BCUT2D eigenvalue weighted by Gasteiger charge is -2.14. The Balaban J connectivity index is 1.53. The van der Waals surface area contributed by atoms with Crippen LogP contribution in [0, 0.1) is 6.92 Å². The lowest BCUT2D eigenvalue weighted by Crippen LogP contribution is -2.44. The van der Waals surface area contributed by atoms with Crippen LogP contribution in [0.2, 0.25) is 0 Å². The van der Waals surface area contributed by atoms with Gasteiger partial charge in [0.25, 0.3) is 0 Å². The van der Waals surface area contributed by atoms with Crippen LogP contribution in [-0.2, 0) is 28.8 Å². The summed E-state index contributed by atoms with van der Waals surface area (Å²) in [5.74, 6) is -2.40. The fraction of sp³-hybridized carbons (Fsp3) is 0.429. The Morgan fingerprint density at radius 2 is 1.23 bits per heavy atom. The van der Waals surface area contributed by atoms with Gasteiger partial charge in [0.2, 0.25) is 29.5 Å². The van der Waals surface area contributed by atoms with E-state index in [0.29, 0.717) is 25.9 Å². The van der Waals surface area contributed by atoms with E-state index in [2.05, 4.69) is 44.8 Å². The second-order valence-corrected chi connectivity index (χ2v) is 10.4. The number of benzene rings is 2. The minimum atomic E-state index is -0.574. The summed E-state index contributed by atoms with van der Waals surface area (Å²) in [7, 11) is 0. The van der Waals surface area contributed by atoms with Crippen molar-refractivity contribution in [2.75, 3.05) is 38.5 Å². The lowest BCUT2D eigenvalue weighted by atomic mass is 9.96. The molecule has 0 radical (unpaired) electrons. The monoisotopic (exact) mass is 571 g/mol. The highest BCUT2D eigenvalue weighted by molar-refractivity contribution is 8.14. The topological polar surface area (TPSA) is 163 Å². The number of amides is 5. The molecule has 0 bridgehead atoms. The van der Waals surface area contributed by atoms with Gasteiger partial charge in [0.05, 0.1) is 31.3 Å². The first-order valence-electron chi connectivity index (χ1n) is 13.0. The summed E-state index contributed by atoms with van der Waals surface area (Å²) in [6.07, 6.45) is 1.33. The van der Waals surface area contributed by atoms with Gasteiger partial charge in [-0.05, 0) is 43.0 Å². The molecule has 2 aromatic rings. The maximum Gasteiger partial charge on any atom is 0.239 e. The van der Waals surface area contributed by atoms with Gasteiger partial charge < -0.3 is 26.6 Å². The molecule has 2 aromatic carbocycles. The maximum absolute atomic E-state index is 12.6. The molecule has 5 N–H and O–H groups in total. The molecule has 0 aliphatic carbocycles. The molecular weight excluding hydrogens is 534 g/mol. The summed E-state index contributed by atoms with van der Waals surface area (Å²) in [6, 6.07) is 12.3. The van der Waals surface area contributed by atoms with Crippen molar-refractivity contribution < 1.29 is 28.8 Å². The van der Waals surface area contributed by atoms with E-state index in [4.69, 9.17) is 0 Å². The smallest absolute Gasteiger partial charge is 0.239 e. The van der Waals surface area contributed by atoms with E-state index >= 15 is 0 Å². The number of fused-ring (bicyclic) bond motifs is 1. The highest BCUT2D eigenvalue weighted by atomic mass is 32.2. The number of carbonyl (C=O) groups is 6. The van der Waals surface area contributed by atoms with Crippen molar-refractivity contribution in [3.63, 3.8) is 0 Å². The molecule has 2 rings (SSSR count). The molecule has 5 amide bonds. The average Bonchev–Trinajstić information content (AvgIpc) is 2.93. The van der Waals surface area contributed by atoms with E-state index in [1.54, 1.807) is 0 Å². The fourth-order valence-corrected chi connectivity index (χ4v) is 4.03. The Kier molecular flexibility index (Phi) is 13.6. The van der Waals surface area contributed by atoms with Crippen molar-refractivity contribution >= 4 is 57.2 Å². The van der Waals surface area contributed by atoms with Crippen LogP contribution in [-0.4, -0.2) is 73.1 Å². The van der Waals surface area contributed by atoms with Crippen LogP contribution in [0.5, 0.6) is 0 Å². The number of rotatable bonds is 15. The van der Waals surface area contributed by atoms with Crippen molar-refractivity contribution in [1.29, 1.82) is 0 Å². The van der Waals surface area contributed by atoms with Gasteiger partial charge in [0.15, 0.2) is 5.12 Å². The Bertz CT molecular complexity index is 1230. The van der Waals surface area contributed by atoms with E-state index in [1.807, 2.05) is 32.0 Å². The van der Waals surface area contributed by atoms with Crippen LogP contribution in [0.1, 0.15) is 43.7 Å². The van der Waals surface area contributed by atoms with Gasteiger partial charge in [-0.3, -0.25) is 28.8 Å². The SMILES string of the molecule is CC(=O)SCC(=O)NCC(=O)NCC(=O)NCC(=O)NCCCCNC(=O)[C@@H](C)c1ccc2cc(C)ccc2c1. The maximum atomic E-state index is 12.6. The highest BCUT2D eigenvalue weighted by Crippen LogP contribution is 2.22. The summed E-state index contributed by atoms with van der Waals surface area (Å²) >= 11 is 0.828. The number of aryl methyl sites for hydroxylation is 1. The van der Waals surface area contributed by atoms with Crippen LogP contribution in [0.25, 0.3) is 10.8 Å². The Hall–Kier alpha value is -3.93. The van der Waals surface area contributed by atoms with Crippen LogP contribution in [0.15, 0.2) is 36.4 Å². The molecular formula is C28H37N5O6S. The van der Waals surface area contributed by atoms with Gasteiger partial charge >= 0.3 is 0 Å². The second-order valence-electron chi connectivity index (χ2n) is 9.29. The van der Waals surface area contributed by atoms with Gasteiger partial charge in [0, 0.05) is 20.0 Å². The summed E-state index contributed by atoms with van der Waals surface area (Å²) < 4.78 is 0. The second kappa shape index (κ2) is 16.9. The predicted molar refractivity (Wildman–Crippen MR) is 155 cm³/mol. The highest BCUT2D eigenvalue weighted by Gasteiger charge is 2.15. The van der Waals surface area contributed by atoms with E-state index in [0.717, 1.165) is 28.1 Å². The zero-order valence-corrected chi connectivity index (χ0v) is 23.9. The van der Waals surface area contributed by atoms with Crippen molar-refractivity contribution in [2.24, 2.45) is 0 Å². The van der Waals surface area contributed by atoms with Gasteiger partial charge in [-0.15, -0.1) is 0 Å². The Labute approximate surface area is 238 Å². The van der Waals surface area contributed by atoms with E-state index < -0.39 is 17.7 Å². The summed E-state index contributed by atoms with van der Waals surface area (Å²) in [5, 5.41) is 14.7. The van der Waals surface area contributed by atoms with Crippen LogP contribution in [0.4, 0.5) is 0 Å². The molecule has 0 heterocycles. The molecule has 0 fully saturated rings. The number of nitrogens with one attached hydrogen (secondary N) is 5. The first-order valence-corrected chi connectivity index (χ1v) is 14.0. The average molecular weight is 572 g/mol. The third kappa shape index (κ3) is 12.3. The molecule has 0 aliphatic rings. The molecule has 1 atom stereocenters. The molecule has 11 nitrogen and oxygen atoms in total. The quantitative estimate of drug-likeness (QED) is 0.198. The standard InChI is InChI=1S/C28H37N5O6S/c1-18-6-7-23-13-21(8-9-22(23)12-18)19(2)28(39)30-11-5-4-10-29-24(35)14-31-25(36)15-32-26(37)16-33-27(38)17-40-20(3)34/h6-9,12-13,19H,4-5,10-11,14-17H2,1-3H3,(H,29,35)(H,30,39)(H,31,36)(H,32,37)(H,33,38)/t19-/m0/s1. The number of unbranched alkanes of at least 4 members (excludes halogenated alkanes) is 1. The summed E-state index contributed by atoms with van der Waals surface area (Å²) in [5.41, 5.74) is 2.14. The van der Waals surface area contributed by atoms with Crippen LogP contribution in [0.3, 0.4) is 0 Å². The minimum Gasteiger partial charge on any atom is -0.356 e. The number of hydrogen-bond acceptors (Lipinski definition) is 7. The Morgan fingerprint density at radius 1 is 0.700 bits per heavy atom. The van der Waals surface area contributed by atoms with Crippen molar-refractivity contribution in [1.82, 2.24) is 26.6 Å². The third-order valence-corrected chi connectivity index (χ3v) is 6.70. The fourth-order valence-electron chi connectivity index (χ4n) is 3.59. The zero-order chi connectivity index (χ0) is 29.5. The van der Waals surface area contributed by atoms with E-state index in [-0.39, 0.29) is 48.2 Å². The molecule has 0 saturated heterocycles.